The molecule has 1 aromatic heterocycles. The Balaban J connectivity index is 2.63. The van der Waals surface area contributed by atoms with Gasteiger partial charge in [-0.15, -0.1) is 0 Å². The highest BCUT2D eigenvalue weighted by molar-refractivity contribution is 14.1. The topological polar surface area (TPSA) is 44.0 Å². The van der Waals surface area contributed by atoms with Crippen molar-refractivity contribution < 1.29 is 0 Å². The number of halogens is 1. The van der Waals surface area contributed by atoms with Gasteiger partial charge in [0.25, 0.3) is 5.56 Å². The smallest absolute Gasteiger partial charge is 0.300 e. The van der Waals surface area contributed by atoms with Crippen molar-refractivity contribution >= 4 is 22.6 Å². The SMILES string of the molecule is CCn1cc(I)c(=O)n(Cc2c(C)cc(C)cc2C)c1=O. The molecular weight excluding hydrogens is 379 g/mol. The molecule has 0 atom stereocenters. The molecule has 0 saturated heterocycles. The lowest BCUT2D eigenvalue weighted by molar-refractivity contribution is 0.593. The number of nitrogens with zero attached hydrogens (tertiary/aromatic N) is 2. The fraction of sp³-hybridized carbons (Fsp3) is 0.375. The lowest BCUT2D eigenvalue weighted by Gasteiger charge is -2.14. The third-order valence-electron chi connectivity index (χ3n) is 3.69. The Hall–Kier alpha value is -1.37. The first-order valence-corrected chi connectivity index (χ1v) is 7.99. The quantitative estimate of drug-likeness (QED) is 0.747. The van der Waals surface area contributed by atoms with Crippen molar-refractivity contribution in [3.05, 3.63) is 65.0 Å². The summed E-state index contributed by atoms with van der Waals surface area (Å²) in [5.41, 5.74) is 3.99. The molecular formula is C16H19IN2O2. The van der Waals surface area contributed by atoms with Crippen LogP contribution in [0.15, 0.2) is 27.9 Å². The number of benzene rings is 1. The molecule has 2 rings (SSSR count). The summed E-state index contributed by atoms with van der Waals surface area (Å²) in [7, 11) is 0. The van der Waals surface area contributed by atoms with Gasteiger partial charge in [0.2, 0.25) is 0 Å². The second kappa shape index (κ2) is 6.17. The Morgan fingerprint density at radius 1 is 1.10 bits per heavy atom. The molecule has 0 spiro atoms. The molecule has 0 amide bonds. The number of aromatic nitrogens is 2. The van der Waals surface area contributed by atoms with E-state index < -0.39 is 0 Å². The van der Waals surface area contributed by atoms with Gasteiger partial charge in [-0.25, -0.2) is 4.79 Å². The maximum absolute atomic E-state index is 12.4. The maximum Gasteiger partial charge on any atom is 0.331 e. The minimum absolute atomic E-state index is 0.218. The molecule has 1 heterocycles. The van der Waals surface area contributed by atoms with E-state index in [1.165, 1.54) is 10.1 Å². The zero-order valence-electron chi connectivity index (χ0n) is 12.7. The summed E-state index contributed by atoms with van der Waals surface area (Å²) in [6.45, 7) is 8.87. The van der Waals surface area contributed by atoms with Crippen LogP contribution in [-0.4, -0.2) is 9.13 Å². The first kappa shape index (κ1) is 16.0. The maximum atomic E-state index is 12.4. The molecule has 0 unspecified atom stereocenters. The fourth-order valence-electron chi connectivity index (χ4n) is 2.60. The van der Waals surface area contributed by atoms with E-state index in [4.69, 9.17) is 0 Å². The van der Waals surface area contributed by atoms with E-state index >= 15 is 0 Å². The van der Waals surface area contributed by atoms with Crippen LogP contribution < -0.4 is 11.2 Å². The summed E-state index contributed by atoms with van der Waals surface area (Å²) in [5.74, 6) is 0. The number of hydrogen-bond acceptors (Lipinski definition) is 2. The first-order valence-electron chi connectivity index (χ1n) is 6.91. The molecule has 0 aliphatic rings. The summed E-state index contributed by atoms with van der Waals surface area (Å²) in [4.78, 5) is 24.7. The van der Waals surface area contributed by atoms with Crippen LogP contribution in [0.5, 0.6) is 0 Å². The zero-order valence-corrected chi connectivity index (χ0v) is 14.9. The highest BCUT2D eigenvalue weighted by Gasteiger charge is 2.12. The van der Waals surface area contributed by atoms with Crippen molar-refractivity contribution in [2.75, 3.05) is 0 Å². The van der Waals surface area contributed by atoms with Crippen LogP contribution >= 0.6 is 22.6 Å². The van der Waals surface area contributed by atoms with E-state index in [0.717, 1.165) is 16.7 Å². The highest BCUT2D eigenvalue weighted by Crippen LogP contribution is 2.16. The Labute approximate surface area is 137 Å². The van der Waals surface area contributed by atoms with Gasteiger partial charge in [-0.3, -0.25) is 13.9 Å². The molecule has 0 radical (unpaired) electrons. The predicted molar refractivity (Wildman–Crippen MR) is 93.1 cm³/mol. The summed E-state index contributed by atoms with van der Waals surface area (Å²) in [6, 6.07) is 4.17. The van der Waals surface area contributed by atoms with Crippen LogP contribution in [0.1, 0.15) is 29.2 Å². The summed E-state index contributed by atoms with van der Waals surface area (Å²) in [6.07, 6.45) is 1.62. The first-order chi connectivity index (χ1) is 9.85. The molecule has 4 nitrogen and oxygen atoms in total. The van der Waals surface area contributed by atoms with E-state index in [-0.39, 0.29) is 11.2 Å². The molecule has 21 heavy (non-hydrogen) atoms. The average molecular weight is 398 g/mol. The molecule has 0 saturated carbocycles. The van der Waals surface area contributed by atoms with Crippen molar-refractivity contribution in [2.24, 2.45) is 0 Å². The van der Waals surface area contributed by atoms with Crippen LogP contribution in [0.4, 0.5) is 0 Å². The van der Waals surface area contributed by atoms with E-state index in [2.05, 4.69) is 12.1 Å². The van der Waals surface area contributed by atoms with Crippen molar-refractivity contribution in [2.45, 2.75) is 40.8 Å². The average Bonchev–Trinajstić information content (AvgIpc) is 2.41. The predicted octanol–water partition coefficient (Wildman–Crippen LogP) is 2.61. The van der Waals surface area contributed by atoms with Crippen molar-refractivity contribution in [1.29, 1.82) is 0 Å². The number of aryl methyl sites for hydroxylation is 4. The van der Waals surface area contributed by atoms with Gasteiger partial charge in [-0.1, -0.05) is 17.7 Å². The molecule has 0 aliphatic heterocycles. The lowest BCUT2D eigenvalue weighted by atomic mass is 10.00. The second-order valence-electron chi connectivity index (χ2n) is 5.31. The summed E-state index contributed by atoms with van der Waals surface area (Å²) in [5, 5.41) is 0. The van der Waals surface area contributed by atoms with E-state index in [0.29, 0.717) is 16.7 Å². The van der Waals surface area contributed by atoms with Crippen molar-refractivity contribution in [3.8, 4) is 0 Å². The van der Waals surface area contributed by atoms with Crippen molar-refractivity contribution in [1.82, 2.24) is 9.13 Å². The Morgan fingerprint density at radius 2 is 1.67 bits per heavy atom. The van der Waals surface area contributed by atoms with Crippen LogP contribution in [0.3, 0.4) is 0 Å². The van der Waals surface area contributed by atoms with Gasteiger partial charge in [0, 0.05) is 12.7 Å². The van der Waals surface area contributed by atoms with Crippen LogP contribution in [0.25, 0.3) is 0 Å². The zero-order chi connectivity index (χ0) is 15.7. The Morgan fingerprint density at radius 3 is 2.19 bits per heavy atom. The van der Waals surface area contributed by atoms with Crippen LogP contribution in [-0.2, 0) is 13.1 Å². The minimum Gasteiger partial charge on any atom is -0.300 e. The molecule has 1 aromatic carbocycles. The third kappa shape index (κ3) is 3.12. The molecule has 0 aliphatic carbocycles. The van der Waals surface area contributed by atoms with Gasteiger partial charge in [-0.05, 0) is 67.0 Å². The molecule has 0 fully saturated rings. The van der Waals surface area contributed by atoms with Gasteiger partial charge in [0.05, 0.1) is 10.1 Å². The van der Waals surface area contributed by atoms with Gasteiger partial charge in [0.1, 0.15) is 0 Å². The fourth-order valence-corrected chi connectivity index (χ4v) is 3.23. The monoisotopic (exact) mass is 398 g/mol. The van der Waals surface area contributed by atoms with E-state index in [1.807, 2.05) is 50.3 Å². The Kier molecular flexibility index (Phi) is 4.70. The molecule has 0 bridgehead atoms. The lowest BCUT2D eigenvalue weighted by Crippen LogP contribution is -2.41. The molecule has 0 N–H and O–H groups in total. The van der Waals surface area contributed by atoms with Crippen LogP contribution in [0.2, 0.25) is 0 Å². The summed E-state index contributed by atoms with van der Waals surface area (Å²) < 4.78 is 3.47. The number of rotatable bonds is 3. The minimum atomic E-state index is -0.248. The standard InChI is InChI=1S/C16H19IN2O2/c1-5-18-9-14(17)15(20)19(16(18)21)8-13-11(3)6-10(2)7-12(13)4/h6-7,9H,5,8H2,1-4H3. The third-order valence-corrected chi connectivity index (χ3v) is 4.43. The van der Waals surface area contributed by atoms with Gasteiger partial charge in [0.15, 0.2) is 0 Å². The molecule has 5 heteroatoms. The molecule has 112 valence electrons. The highest BCUT2D eigenvalue weighted by atomic mass is 127. The van der Waals surface area contributed by atoms with E-state index in [1.54, 1.807) is 10.8 Å². The van der Waals surface area contributed by atoms with Gasteiger partial charge >= 0.3 is 5.69 Å². The number of hydrogen-bond donors (Lipinski definition) is 0. The van der Waals surface area contributed by atoms with Gasteiger partial charge < -0.3 is 0 Å². The van der Waals surface area contributed by atoms with Gasteiger partial charge in [-0.2, -0.15) is 0 Å². The van der Waals surface area contributed by atoms with E-state index in [9.17, 15) is 9.59 Å². The Bertz CT molecular complexity index is 780. The molecule has 2 aromatic rings. The summed E-state index contributed by atoms with van der Waals surface area (Å²) >= 11 is 1.99. The largest absolute Gasteiger partial charge is 0.331 e. The van der Waals surface area contributed by atoms with Crippen LogP contribution in [0, 0.1) is 24.3 Å². The second-order valence-corrected chi connectivity index (χ2v) is 6.48. The normalized spacial score (nSPS) is 10.9. The van der Waals surface area contributed by atoms with Crippen molar-refractivity contribution in [3.63, 3.8) is 0 Å².